The van der Waals surface area contributed by atoms with Crippen LogP contribution in [-0.2, 0) is 24.1 Å². The van der Waals surface area contributed by atoms with Gasteiger partial charge in [-0.3, -0.25) is 9.59 Å². The minimum Gasteiger partial charge on any atom is -0.373 e. The predicted molar refractivity (Wildman–Crippen MR) is 111 cm³/mol. The van der Waals surface area contributed by atoms with Gasteiger partial charge in [-0.1, -0.05) is 6.92 Å². The molecule has 2 aromatic heterocycles. The topological polar surface area (TPSA) is 76.5 Å². The molecular weight excluding hydrogens is 445 g/mol. The highest BCUT2D eigenvalue weighted by molar-refractivity contribution is 7.11. The molecule has 0 aliphatic carbocycles. The molecule has 4 rings (SSSR count). The lowest BCUT2D eigenvalue weighted by Crippen LogP contribution is -2.35. The summed E-state index contributed by atoms with van der Waals surface area (Å²) in [6, 6.07) is 1.06. The smallest absolute Gasteiger partial charge is 0.373 e. The van der Waals surface area contributed by atoms with E-state index in [4.69, 9.17) is 4.74 Å². The number of nitrogens with zero attached hydrogens (tertiary/aromatic N) is 3. The van der Waals surface area contributed by atoms with Gasteiger partial charge in [0.1, 0.15) is 15.6 Å². The first-order valence-corrected chi connectivity index (χ1v) is 11.5. The highest BCUT2D eigenvalue weighted by Crippen LogP contribution is 2.35. The van der Waals surface area contributed by atoms with Gasteiger partial charge in [-0.15, -0.1) is 11.3 Å². The summed E-state index contributed by atoms with van der Waals surface area (Å²) in [5.74, 6) is -0.567. The molecule has 0 radical (unpaired) electrons. The Hall–Kier alpha value is -2.40. The highest BCUT2D eigenvalue weighted by atomic mass is 32.1. The summed E-state index contributed by atoms with van der Waals surface area (Å²) in [7, 11) is 0. The number of carbonyl (C=O) groups is 2. The minimum atomic E-state index is -4.47. The Morgan fingerprint density at radius 2 is 2.16 bits per heavy atom. The van der Waals surface area contributed by atoms with Crippen LogP contribution in [0.15, 0.2) is 12.3 Å². The largest absolute Gasteiger partial charge is 0.427 e. The van der Waals surface area contributed by atoms with E-state index in [-0.39, 0.29) is 23.6 Å². The molecule has 0 aromatic carbocycles. The third kappa shape index (κ3) is 4.27. The average Bonchev–Trinajstić information content (AvgIpc) is 3.49. The van der Waals surface area contributed by atoms with Crippen molar-refractivity contribution in [2.75, 3.05) is 13.2 Å². The van der Waals surface area contributed by atoms with Gasteiger partial charge in [-0.05, 0) is 32.3 Å². The number of carbonyl (C=O) groups excluding carboxylic acids is 2. The number of rotatable bonds is 5. The number of thiazole rings is 1. The van der Waals surface area contributed by atoms with Crippen molar-refractivity contribution in [3.63, 3.8) is 0 Å². The summed E-state index contributed by atoms with van der Waals surface area (Å²) in [4.78, 5) is 31.2. The number of aromatic nitrogens is 2. The molecule has 32 heavy (non-hydrogen) atoms. The number of alkyl halides is 3. The van der Waals surface area contributed by atoms with E-state index in [1.165, 1.54) is 0 Å². The van der Waals surface area contributed by atoms with Gasteiger partial charge >= 0.3 is 6.18 Å². The summed E-state index contributed by atoms with van der Waals surface area (Å²) >= 11 is 0.524. The standard InChI is InChI=1S/C21H25F3N4O3S/c1-3-14(19-25-10-17(32-19)21(22,23)24)26-18(29)13-9-15(28-7-8-31-11-16(13)28)20(30)27-6-4-5-12(27)2/h9-10,12,14H,3-8,11H2,1-2H3,(H,26,29). The summed E-state index contributed by atoms with van der Waals surface area (Å²) in [6.07, 6.45) is -1.42. The van der Waals surface area contributed by atoms with Gasteiger partial charge in [-0.25, -0.2) is 4.98 Å². The molecule has 2 aliphatic rings. The Bertz CT molecular complexity index is 1020. The molecule has 7 nitrogen and oxygen atoms in total. The molecule has 0 spiro atoms. The molecule has 2 aromatic rings. The van der Waals surface area contributed by atoms with Gasteiger partial charge in [0.2, 0.25) is 0 Å². The van der Waals surface area contributed by atoms with E-state index in [0.717, 1.165) is 19.0 Å². The first kappa shape index (κ1) is 22.8. The van der Waals surface area contributed by atoms with Crippen LogP contribution in [0.5, 0.6) is 0 Å². The number of hydrogen-bond acceptors (Lipinski definition) is 5. The van der Waals surface area contributed by atoms with Crippen LogP contribution in [0.1, 0.15) is 75.6 Å². The van der Waals surface area contributed by atoms with Crippen molar-refractivity contribution in [1.29, 1.82) is 0 Å². The van der Waals surface area contributed by atoms with Gasteiger partial charge in [0.25, 0.3) is 11.8 Å². The molecule has 2 atom stereocenters. The van der Waals surface area contributed by atoms with Gasteiger partial charge < -0.3 is 19.5 Å². The van der Waals surface area contributed by atoms with E-state index in [1.807, 2.05) is 16.4 Å². The maximum absolute atomic E-state index is 13.2. The van der Waals surface area contributed by atoms with E-state index in [0.29, 0.717) is 54.4 Å². The van der Waals surface area contributed by atoms with E-state index < -0.39 is 23.0 Å². The second kappa shape index (κ2) is 8.86. The summed E-state index contributed by atoms with van der Waals surface area (Å²) < 4.78 is 46.2. The fraction of sp³-hybridized carbons (Fsp3) is 0.571. The molecule has 11 heteroatoms. The van der Waals surface area contributed by atoms with Crippen molar-refractivity contribution in [3.8, 4) is 0 Å². The Labute approximate surface area is 187 Å². The third-order valence-corrected chi connectivity index (χ3v) is 7.15. The van der Waals surface area contributed by atoms with Gasteiger partial charge in [-0.2, -0.15) is 13.2 Å². The van der Waals surface area contributed by atoms with Crippen molar-refractivity contribution in [1.82, 2.24) is 19.8 Å². The molecule has 1 fully saturated rings. The summed E-state index contributed by atoms with van der Waals surface area (Å²) in [5, 5.41) is 2.99. The van der Waals surface area contributed by atoms with Crippen molar-refractivity contribution >= 4 is 23.2 Å². The molecule has 174 valence electrons. The van der Waals surface area contributed by atoms with Crippen LogP contribution >= 0.6 is 11.3 Å². The van der Waals surface area contributed by atoms with Crippen LogP contribution in [0, 0.1) is 0 Å². The second-order valence-electron chi connectivity index (χ2n) is 8.08. The molecule has 0 bridgehead atoms. The minimum absolute atomic E-state index is 0.112. The number of fused-ring (bicyclic) bond motifs is 1. The zero-order chi connectivity index (χ0) is 23.0. The van der Waals surface area contributed by atoms with Crippen LogP contribution in [-0.4, -0.2) is 45.5 Å². The van der Waals surface area contributed by atoms with Crippen LogP contribution in [0.25, 0.3) is 0 Å². The SMILES string of the molecule is CCC(NC(=O)c1cc(C(=O)N2CCCC2C)n2c1COCC2)c1ncc(C(F)(F)F)s1. The van der Waals surface area contributed by atoms with E-state index in [1.54, 1.807) is 13.0 Å². The highest BCUT2D eigenvalue weighted by Gasteiger charge is 2.35. The zero-order valence-corrected chi connectivity index (χ0v) is 18.7. The number of amides is 2. The molecule has 2 aliphatic heterocycles. The molecule has 2 amide bonds. The quantitative estimate of drug-likeness (QED) is 0.717. The zero-order valence-electron chi connectivity index (χ0n) is 17.9. The Kier molecular flexibility index (Phi) is 6.30. The van der Waals surface area contributed by atoms with Gasteiger partial charge in [0, 0.05) is 19.1 Å². The lowest BCUT2D eigenvalue weighted by Gasteiger charge is -2.24. The number of nitrogens with one attached hydrogen (secondary N) is 1. The molecule has 2 unspecified atom stereocenters. The number of hydrogen-bond donors (Lipinski definition) is 1. The van der Waals surface area contributed by atoms with Crippen molar-refractivity contribution in [3.05, 3.63) is 39.1 Å². The molecule has 0 saturated carbocycles. The first-order valence-electron chi connectivity index (χ1n) is 10.7. The van der Waals surface area contributed by atoms with E-state index in [2.05, 4.69) is 10.3 Å². The van der Waals surface area contributed by atoms with Crippen molar-refractivity contribution < 1.29 is 27.5 Å². The number of ether oxygens (including phenoxy) is 1. The lowest BCUT2D eigenvalue weighted by molar-refractivity contribution is -0.134. The predicted octanol–water partition coefficient (Wildman–Crippen LogP) is 4.00. The van der Waals surface area contributed by atoms with Gasteiger partial charge in [0.05, 0.1) is 36.7 Å². The number of halogens is 3. The van der Waals surface area contributed by atoms with Gasteiger partial charge in [0.15, 0.2) is 0 Å². The summed E-state index contributed by atoms with van der Waals surface area (Å²) in [5.41, 5.74) is 1.36. The molecular formula is C21H25F3N4O3S. The Morgan fingerprint density at radius 1 is 1.38 bits per heavy atom. The Morgan fingerprint density at radius 3 is 2.78 bits per heavy atom. The van der Waals surface area contributed by atoms with E-state index >= 15 is 0 Å². The molecule has 4 heterocycles. The fourth-order valence-electron chi connectivity index (χ4n) is 4.23. The number of likely N-dealkylation sites (tertiary alicyclic amines) is 1. The molecule has 1 saturated heterocycles. The van der Waals surface area contributed by atoms with Crippen molar-refractivity contribution in [2.24, 2.45) is 0 Å². The normalized spacial score (nSPS) is 19.7. The van der Waals surface area contributed by atoms with Crippen LogP contribution < -0.4 is 5.32 Å². The third-order valence-electron chi connectivity index (χ3n) is 6.00. The maximum atomic E-state index is 13.2. The van der Waals surface area contributed by atoms with Crippen LogP contribution in [0.3, 0.4) is 0 Å². The fourth-order valence-corrected chi connectivity index (χ4v) is 5.15. The monoisotopic (exact) mass is 470 g/mol. The lowest BCUT2D eigenvalue weighted by atomic mass is 10.1. The second-order valence-corrected chi connectivity index (χ2v) is 9.14. The molecule has 1 N–H and O–H groups in total. The van der Waals surface area contributed by atoms with Crippen molar-refractivity contribution in [2.45, 2.75) is 64.5 Å². The average molecular weight is 471 g/mol. The Balaban J connectivity index is 1.60. The summed E-state index contributed by atoms with van der Waals surface area (Å²) in [6.45, 7) is 5.55. The first-order chi connectivity index (χ1) is 15.2. The maximum Gasteiger partial charge on any atom is 0.427 e. The van der Waals surface area contributed by atoms with Crippen LogP contribution in [0.4, 0.5) is 13.2 Å². The van der Waals surface area contributed by atoms with Crippen LogP contribution in [0.2, 0.25) is 0 Å². The van der Waals surface area contributed by atoms with E-state index in [9.17, 15) is 22.8 Å².